The SMILES string of the molecule is Cc1c[c-]c(-c2ccccn2)cc1.Cc1cc[c-]c(-c2ccccn2)c1.[Ir].[Ir].[Ir].[Ir].[Ir].[c-]1cc(-c2ccccc2)ccc1-c1ccccn1.[c-]1ccc(-c2ccccc2)cc1-c1ccccn1.[c-]1ccccc1-c1ccccn1.[c-]1ccccc1-c1ccccn1.[c-]1ccccc1-c1ccccn1.[c-]1ccccc1-c1ccccn1.[c-]1ccccc1-c1ccccn1.[c-]1ccccc1-c1ccccn1. The number of aryl methyl sites for hydroxylation is 2. The fraction of sp³-hybridized carbons (Fsp3) is 0.0161. The van der Waals surface area contributed by atoms with Gasteiger partial charge in [0.25, 0.3) is 0 Å². The first-order chi connectivity index (χ1) is 66.4. The Kier molecular flexibility index (Phi) is 50.8. The van der Waals surface area contributed by atoms with Gasteiger partial charge in [-0.2, -0.15) is 0 Å². The van der Waals surface area contributed by atoms with E-state index in [0.29, 0.717) is 0 Å². The Hall–Kier alpha value is -14.6. The van der Waals surface area contributed by atoms with Crippen molar-refractivity contribution >= 4 is 0 Å². The minimum absolute atomic E-state index is 0. The van der Waals surface area contributed by atoms with Gasteiger partial charge in [0.05, 0.1) is 0 Å². The summed E-state index contributed by atoms with van der Waals surface area (Å²) in [6, 6.07) is 182. The second kappa shape index (κ2) is 64.4. The van der Waals surface area contributed by atoms with Crippen LogP contribution in [0.3, 0.4) is 0 Å². The standard InChI is InChI=1S/2C17H12N.2C12H10N.6C11H8N.5Ir/c1-2-7-14(8-3-1)15-9-6-10-16(13-15)17-11-4-5-12-18-17;1-2-6-14(7-3-1)15-9-11-16(12-10-15)17-8-4-5-13-18-17;1-10-5-4-6-11(9-10)12-7-2-3-8-13-12;1-10-5-7-11(8-6-10)12-4-2-3-9-13-12;6*1-2-6-10(7-3-1)11-8-4-5-9-12-11;;;;;/h1-9,11-13H;1-11,13H;2-5,7-9H,1H3;2-7,9H,1H3;6*1-6,8-9H;;;;;/q10*-1;;;;;. The van der Waals surface area contributed by atoms with Crippen molar-refractivity contribution in [2.45, 2.75) is 13.8 Å². The van der Waals surface area contributed by atoms with Crippen molar-refractivity contribution in [2.24, 2.45) is 0 Å². The predicted molar refractivity (Wildman–Crippen MR) is 545 cm³/mol. The van der Waals surface area contributed by atoms with Crippen LogP contribution in [0, 0.1) is 74.5 Å². The fourth-order valence-electron chi connectivity index (χ4n) is 12.7. The van der Waals surface area contributed by atoms with Gasteiger partial charge in [-0.3, -0.25) is 0 Å². The monoisotopic (exact) mass is 2690 g/mol. The number of hydrogen-bond donors (Lipinski definition) is 0. The second-order valence-corrected chi connectivity index (χ2v) is 29.1. The number of benzene rings is 12. The second-order valence-electron chi connectivity index (χ2n) is 29.1. The topological polar surface area (TPSA) is 129 Å². The third kappa shape index (κ3) is 38.5. The Labute approximate surface area is 885 Å². The molecular formula is C124H92Ir5N10-10. The van der Waals surface area contributed by atoms with E-state index in [2.05, 4.69) is 185 Å². The van der Waals surface area contributed by atoms with Gasteiger partial charge < -0.3 is 49.8 Å². The molecule has 0 aliphatic carbocycles. The molecule has 15 heteroatoms. The van der Waals surface area contributed by atoms with Crippen LogP contribution >= 0.6 is 0 Å². The molecular weight excluding hydrogens is 2590 g/mol. The maximum Gasteiger partial charge on any atom is 0.0160 e. The van der Waals surface area contributed by atoms with Crippen molar-refractivity contribution in [1.29, 1.82) is 0 Å². The normalized spacial score (nSPS) is 9.51. The molecule has 12 aromatic carbocycles. The minimum atomic E-state index is 0. The first-order valence-electron chi connectivity index (χ1n) is 43.4. The van der Waals surface area contributed by atoms with Crippen LogP contribution in [-0.2, 0) is 101 Å². The van der Waals surface area contributed by atoms with Crippen LogP contribution in [0.5, 0.6) is 0 Å². The van der Waals surface area contributed by atoms with E-state index < -0.39 is 0 Å². The number of hydrogen-bond acceptors (Lipinski definition) is 10. The predicted octanol–water partition coefficient (Wildman–Crippen LogP) is 29.4. The summed E-state index contributed by atoms with van der Waals surface area (Å²) in [5.74, 6) is 0. The largest absolute Gasteiger partial charge is 0.305 e. The fourth-order valence-corrected chi connectivity index (χ4v) is 12.7. The number of pyridine rings is 10. The molecule has 0 saturated carbocycles. The molecule has 0 aliphatic heterocycles. The van der Waals surface area contributed by atoms with Gasteiger partial charge in [-0.15, -0.1) is 351 Å². The van der Waals surface area contributed by atoms with E-state index >= 15 is 0 Å². The van der Waals surface area contributed by atoms with Gasteiger partial charge in [0.15, 0.2) is 0 Å². The van der Waals surface area contributed by atoms with Gasteiger partial charge in [0, 0.05) is 162 Å². The number of nitrogens with zero attached hydrogens (tertiary/aromatic N) is 10. The van der Waals surface area contributed by atoms with E-state index in [4.69, 9.17) is 0 Å². The molecule has 0 atom stereocenters. The van der Waals surface area contributed by atoms with Crippen molar-refractivity contribution in [2.75, 3.05) is 0 Å². The van der Waals surface area contributed by atoms with Crippen LogP contribution in [0.25, 0.3) is 135 Å². The Balaban J connectivity index is 0.000000189. The molecule has 10 heterocycles. The van der Waals surface area contributed by atoms with Crippen LogP contribution in [0.1, 0.15) is 11.1 Å². The van der Waals surface area contributed by atoms with E-state index in [1.165, 1.54) is 33.4 Å². The van der Waals surface area contributed by atoms with Gasteiger partial charge in [-0.25, -0.2) is 0 Å². The van der Waals surface area contributed by atoms with Crippen LogP contribution < -0.4 is 0 Å². The Morgan fingerprint density at radius 2 is 0.353 bits per heavy atom. The van der Waals surface area contributed by atoms with E-state index in [-0.39, 0.29) is 101 Å². The molecule has 0 bridgehead atoms. The van der Waals surface area contributed by atoms with Crippen LogP contribution in [0.4, 0.5) is 0 Å². The molecule has 0 spiro atoms. The van der Waals surface area contributed by atoms with Crippen molar-refractivity contribution in [3.8, 4) is 135 Å². The average Bonchev–Trinajstić information content (AvgIpc) is 0.835. The third-order valence-electron chi connectivity index (χ3n) is 19.4. The van der Waals surface area contributed by atoms with E-state index in [9.17, 15) is 0 Å². The molecule has 10 nitrogen and oxygen atoms in total. The average molecular weight is 2680 g/mol. The van der Waals surface area contributed by atoms with Crippen molar-refractivity contribution in [1.82, 2.24) is 49.8 Å². The zero-order valence-corrected chi connectivity index (χ0v) is 87.8. The Morgan fingerprint density at radius 1 is 0.137 bits per heavy atom. The number of rotatable bonds is 12. The molecule has 693 valence electrons. The summed E-state index contributed by atoms with van der Waals surface area (Å²) in [5.41, 5.74) is 27.3. The Bertz CT molecular complexity index is 5960. The van der Waals surface area contributed by atoms with Crippen LogP contribution in [0.15, 0.2) is 523 Å². The molecule has 5 radical (unpaired) electrons. The molecule has 0 N–H and O–H groups in total. The smallest absolute Gasteiger partial charge is 0.0160 e. The minimum Gasteiger partial charge on any atom is -0.305 e. The van der Waals surface area contributed by atoms with Crippen molar-refractivity contribution in [3.05, 3.63) is 595 Å². The molecule has 0 saturated heterocycles. The summed E-state index contributed by atoms with van der Waals surface area (Å²) < 4.78 is 0. The van der Waals surface area contributed by atoms with E-state index in [1.807, 2.05) is 400 Å². The van der Waals surface area contributed by atoms with Gasteiger partial charge in [-0.1, -0.05) is 207 Å². The summed E-state index contributed by atoms with van der Waals surface area (Å²) in [4.78, 5) is 42.5. The molecule has 22 aromatic rings. The van der Waals surface area contributed by atoms with Gasteiger partial charge >= 0.3 is 0 Å². The quantitative estimate of drug-likeness (QED) is 0.109. The molecule has 10 aromatic heterocycles. The van der Waals surface area contributed by atoms with Crippen LogP contribution in [0.2, 0.25) is 0 Å². The van der Waals surface area contributed by atoms with Gasteiger partial charge in [-0.05, 0) is 123 Å². The van der Waals surface area contributed by atoms with E-state index in [0.717, 1.165) is 113 Å². The molecule has 0 aliphatic rings. The molecule has 0 unspecified atom stereocenters. The van der Waals surface area contributed by atoms with Gasteiger partial charge in [0.1, 0.15) is 0 Å². The van der Waals surface area contributed by atoms with E-state index in [1.54, 1.807) is 62.0 Å². The van der Waals surface area contributed by atoms with Crippen molar-refractivity contribution < 1.29 is 101 Å². The zero-order chi connectivity index (χ0) is 92.0. The molecule has 0 fully saturated rings. The first-order valence-corrected chi connectivity index (χ1v) is 43.4. The number of aromatic nitrogens is 10. The van der Waals surface area contributed by atoms with Gasteiger partial charge in [0.2, 0.25) is 0 Å². The summed E-state index contributed by atoms with van der Waals surface area (Å²) in [7, 11) is 0. The molecule has 22 rings (SSSR count). The summed E-state index contributed by atoms with van der Waals surface area (Å²) in [6.07, 6.45) is 17.9. The van der Waals surface area contributed by atoms with Crippen molar-refractivity contribution in [3.63, 3.8) is 0 Å². The maximum atomic E-state index is 4.35. The Morgan fingerprint density at radius 3 is 0.576 bits per heavy atom. The summed E-state index contributed by atoms with van der Waals surface area (Å²) >= 11 is 0. The maximum absolute atomic E-state index is 4.35. The van der Waals surface area contributed by atoms with Crippen LogP contribution in [-0.4, -0.2) is 49.8 Å². The zero-order valence-electron chi connectivity index (χ0n) is 75.8. The molecule has 139 heavy (non-hydrogen) atoms. The third-order valence-corrected chi connectivity index (χ3v) is 19.4. The summed E-state index contributed by atoms with van der Waals surface area (Å²) in [6.45, 7) is 4.12. The summed E-state index contributed by atoms with van der Waals surface area (Å²) in [5, 5.41) is 0. The first kappa shape index (κ1) is 110. The molecule has 0 amide bonds.